The summed E-state index contributed by atoms with van der Waals surface area (Å²) in [5, 5.41) is 0. The van der Waals surface area contributed by atoms with Crippen LogP contribution < -0.4 is 0 Å². The molecule has 112 valence electrons. The molecule has 19 heavy (non-hydrogen) atoms. The molecule has 0 radical (unpaired) electrons. The smallest absolute Gasteiger partial charge is 0.228 e. The zero-order valence-corrected chi connectivity index (χ0v) is 13.1. The predicted molar refractivity (Wildman–Crippen MR) is 78.2 cm³/mol. The number of hydrogen-bond acceptors (Lipinski definition) is 3. The third kappa shape index (κ3) is 5.91. The molecule has 1 aliphatic rings. The number of piperazine rings is 1. The predicted octanol–water partition coefficient (Wildman–Crippen LogP) is 1.99. The van der Waals surface area contributed by atoms with Crippen molar-refractivity contribution in [3.8, 4) is 0 Å². The second kappa shape index (κ2) is 7.85. The van der Waals surface area contributed by atoms with Crippen LogP contribution in [0.15, 0.2) is 0 Å². The SMILES string of the molecule is COCCCCCN1CCN(C(=O)C(C)(C)C)CC1. The van der Waals surface area contributed by atoms with E-state index in [0.29, 0.717) is 0 Å². The number of methoxy groups -OCH3 is 1. The van der Waals surface area contributed by atoms with Gasteiger partial charge in [0.15, 0.2) is 0 Å². The van der Waals surface area contributed by atoms with Gasteiger partial charge in [0.1, 0.15) is 0 Å². The van der Waals surface area contributed by atoms with E-state index in [-0.39, 0.29) is 11.3 Å². The van der Waals surface area contributed by atoms with Crippen molar-refractivity contribution in [1.29, 1.82) is 0 Å². The van der Waals surface area contributed by atoms with Crippen molar-refractivity contribution in [3.05, 3.63) is 0 Å². The first-order valence-electron chi connectivity index (χ1n) is 7.46. The second-order valence-electron chi connectivity index (χ2n) is 6.44. The van der Waals surface area contributed by atoms with Crippen LogP contribution in [0.25, 0.3) is 0 Å². The molecule has 1 fully saturated rings. The van der Waals surface area contributed by atoms with Gasteiger partial charge in [0, 0.05) is 45.3 Å². The largest absolute Gasteiger partial charge is 0.385 e. The van der Waals surface area contributed by atoms with E-state index in [9.17, 15) is 4.79 Å². The molecule has 0 aromatic heterocycles. The molecule has 4 heteroatoms. The molecular formula is C15H30N2O2. The van der Waals surface area contributed by atoms with E-state index in [1.54, 1.807) is 7.11 Å². The average Bonchev–Trinajstić information content (AvgIpc) is 2.37. The first kappa shape index (κ1) is 16.4. The topological polar surface area (TPSA) is 32.8 Å². The molecule has 0 spiro atoms. The summed E-state index contributed by atoms with van der Waals surface area (Å²) < 4.78 is 5.05. The summed E-state index contributed by atoms with van der Waals surface area (Å²) in [5.74, 6) is 0.284. The molecule has 0 bridgehead atoms. The van der Waals surface area contributed by atoms with Gasteiger partial charge in [-0.25, -0.2) is 0 Å². The Balaban J connectivity index is 2.17. The molecule has 1 heterocycles. The molecule has 0 saturated carbocycles. The van der Waals surface area contributed by atoms with E-state index >= 15 is 0 Å². The molecule has 1 rings (SSSR count). The molecule has 0 atom stereocenters. The number of rotatable bonds is 6. The highest BCUT2D eigenvalue weighted by Crippen LogP contribution is 2.18. The quantitative estimate of drug-likeness (QED) is 0.692. The van der Waals surface area contributed by atoms with Crippen LogP contribution in [0.2, 0.25) is 0 Å². The molecule has 1 saturated heterocycles. The highest BCUT2D eigenvalue weighted by atomic mass is 16.5. The Labute approximate surface area is 118 Å². The molecular weight excluding hydrogens is 240 g/mol. The second-order valence-corrected chi connectivity index (χ2v) is 6.44. The van der Waals surface area contributed by atoms with Crippen molar-refractivity contribution in [2.45, 2.75) is 40.0 Å². The molecule has 0 N–H and O–H groups in total. The first-order valence-corrected chi connectivity index (χ1v) is 7.46. The van der Waals surface area contributed by atoms with Gasteiger partial charge in [0.2, 0.25) is 5.91 Å². The summed E-state index contributed by atoms with van der Waals surface area (Å²) in [6.45, 7) is 11.8. The van der Waals surface area contributed by atoms with E-state index in [2.05, 4.69) is 4.90 Å². The average molecular weight is 270 g/mol. The lowest BCUT2D eigenvalue weighted by Crippen LogP contribution is -2.51. The van der Waals surface area contributed by atoms with Gasteiger partial charge in [-0.1, -0.05) is 20.8 Å². The Bertz CT molecular complexity index is 266. The summed E-state index contributed by atoms with van der Waals surface area (Å²) in [6, 6.07) is 0. The van der Waals surface area contributed by atoms with Gasteiger partial charge < -0.3 is 9.64 Å². The van der Waals surface area contributed by atoms with Gasteiger partial charge in [-0.15, -0.1) is 0 Å². The number of hydrogen-bond donors (Lipinski definition) is 0. The lowest BCUT2D eigenvalue weighted by Gasteiger charge is -2.37. The maximum absolute atomic E-state index is 12.2. The van der Waals surface area contributed by atoms with Crippen LogP contribution in [0.4, 0.5) is 0 Å². The van der Waals surface area contributed by atoms with Crippen LogP contribution in [0.1, 0.15) is 40.0 Å². The van der Waals surface area contributed by atoms with Crippen LogP contribution in [-0.2, 0) is 9.53 Å². The molecule has 0 unspecified atom stereocenters. The number of carbonyl (C=O) groups is 1. The number of carbonyl (C=O) groups excluding carboxylic acids is 1. The van der Waals surface area contributed by atoms with Crippen LogP contribution in [0, 0.1) is 5.41 Å². The Morgan fingerprint density at radius 3 is 2.21 bits per heavy atom. The van der Waals surface area contributed by atoms with E-state index in [1.807, 2.05) is 25.7 Å². The third-order valence-electron chi connectivity index (χ3n) is 3.62. The van der Waals surface area contributed by atoms with Crippen molar-refractivity contribution in [1.82, 2.24) is 9.80 Å². The Hall–Kier alpha value is -0.610. The van der Waals surface area contributed by atoms with Gasteiger partial charge >= 0.3 is 0 Å². The van der Waals surface area contributed by atoms with Gasteiger partial charge in [-0.2, -0.15) is 0 Å². The number of ether oxygens (including phenoxy) is 1. The highest BCUT2D eigenvalue weighted by Gasteiger charge is 2.29. The maximum Gasteiger partial charge on any atom is 0.228 e. The van der Waals surface area contributed by atoms with Crippen molar-refractivity contribution < 1.29 is 9.53 Å². The standard InChI is InChI=1S/C15H30N2O2/c1-15(2,3)14(18)17-11-9-16(10-12-17)8-6-5-7-13-19-4/h5-13H2,1-4H3. The van der Waals surface area contributed by atoms with Gasteiger partial charge in [-0.3, -0.25) is 9.69 Å². The zero-order chi connectivity index (χ0) is 14.3. The van der Waals surface area contributed by atoms with Crippen LogP contribution in [0.5, 0.6) is 0 Å². The van der Waals surface area contributed by atoms with Crippen molar-refractivity contribution >= 4 is 5.91 Å². The van der Waals surface area contributed by atoms with Crippen LogP contribution >= 0.6 is 0 Å². The third-order valence-corrected chi connectivity index (χ3v) is 3.62. The van der Waals surface area contributed by atoms with Crippen LogP contribution in [-0.4, -0.2) is 62.1 Å². The monoisotopic (exact) mass is 270 g/mol. The van der Waals surface area contributed by atoms with E-state index < -0.39 is 0 Å². The van der Waals surface area contributed by atoms with E-state index in [4.69, 9.17) is 4.74 Å². The van der Waals surface area contributed by atoms with Crippen molar-refractivity contribution in [2.75, 3.05) is 46.4 Å². The fourth-order valence-corrected chi connectivity index (χ4v) is 2.41. The Morgan fingerprint density at radius 2 is 1.68 bits per heavy atom. The summed E-state index contributed by atoms with van der Waals surface area (Å²) >= 11 is 0. The fourth-order valence-electron chi connectivity index (χ4n) is 2.41. The summed E-state index contributed by atoms with van der Waals surface area (Å²) in [6.07, 6.45) is 3.62. The van der Waals surface area contributed by atoms with Crippen molar-refractivity contribution in [2.24, 2.45) is 5.41 Å². The van der Waals surface area contributed by atoms with E-state index in [0.717, 1.165) is 45.8 Å². The molecule has 0 aliphatic carbocycles. The maximum atomic E-state index is 12.2. The highest BCUT2D eigenvalue weighted by molar-refractivity contribution is 5.81. The summed E-state index contributed by atoms with van der Waals surface area (Å²) in [4.78, 5) is 16.6. The zero-order valence-electron chi connectivity index (χ0n) is 13.1. The van der Waals surface area contributed by atoms with E-state index in [1.165, 1.54) is 12.8 Å². The first-order chi connectivity index (χ1) is 8.95. The van der Waals surface area contributed by atoms with Gasteiger partial charge in [0.05, 0.1) is 0 Å². The minimum absolute atomic E-state index is 0.248. The fraction of sp³-hybridized carbons (Fsp3) is 0.933. The molecule has 0 aromatic rings. The Kier molecular flexibility index (Phi) is 6.80. The summed E-state index contributed by atoms with van der Waals surface area (Å²) in [7, 11) is 1.76. The van der Waals surface area contributed by atoms with Crippen LogP contribution in [0.3, 0.4) is 0 Å². The lowest BCUT2D eigenvalue weighted by atomic mass is 9.94. The normalized spacial score (nSPS) is 17.8. The minimum atomic E-state index is -0.248. The minimum Gasteiger partial charge on any atom is -0.385 e. The Morgan fingerprint density at radius 1 is 1.05 bits per heavy atom. The van der Waals surface area contributed by atoms with Gasteiger partial charge in [0.25, 0.3) is 0 Å². The molecule has 1 aliphatic heterocycles. The lowest BCUT2D eigenvalue weighted by molar-refractivity contribution is -0.141. The molecule has 1 amide bonds. The number of nitrogens with zero attached hydrogens (tertiary/aromatic N) is 2. The molecule has 4 nitrogen and oxygen atoms in total. The number of amides is 1. The summed E-state index contributed by atoms with van der Waals surface area (Å²) in [5.41, 5.74) is -0.248. The molecule has 0 aromatic carbocycles. The van der Waals surface area contributed by atoms with Gasteiger partial charge in [-0.05, 0) is 25.8 Å². The number of unbranched alkanes of at least 4 members (excludes halogenated alkanes) is 2. The van der Waals surface area contributed by atoms with Crippen molar-refractivity contribution in [3.63, 3.8) is 0 Å².